The van der Waals surface area contributed by atoms with Gasteiger partial charge in [-0.25, -0.2) is 0 Å². The van der Waals surface area contributed by atoms with Gasteiger partial charge in [-0.2, -0.15) is 0 Å². The monoisotopic (exact) mass is 355 g/mol. The lowest BCUT2D eigenvalue weighted by molar-refractivity contribution is -0.114. The molecule has 0 unspecified atom stereocenters. The molecule has 0 saturated carbocycles. The van der Waals surface area contributed by atoms with Crippen LogP contribution in [0.25, 0.3) is 33.1 Å². The first-order valence-corrected chi connectivity index (χ1v) is 9.50. The number of nitrogens with one attached hydrogen (secondary N) is 2. The Kier molecular flexibility index (Phi) is 3.71. The Morgan fingerprint density at radius 1 is 1.00 bits per heavy atom. The summed E-state index contributed by atoms with van der Waals surface area (Å²) in [6.45, 7) is 1.53. The van der Waals surface area contributed by atoms with Crippen molar-refractivity contribution in [3.63, 3.8) is 0 Å². The molecule has 5 rings (SSSR count). The smallest absolute Gasteiger partial charge is 0.221 e. The van der Waals surface area contributed by atoms with E-state index in [4.69, 9.17) is 0 Å². The molecule has 0 spiro atoms. The molecule has 4 heteroatoms. The lowest BCUT2D eigenvalue weighted by Gasteiger charge is -2.23. The number of carbonyl (C=O) groups is 1. The zero-order chi connectivity index (χ0) is 18.4. The molecule has 0 saturated heterocycles. The van der Waals surface area contributed by atoms with E-state index in [0.717, 1.165) is 35.1 Å². The number of fused-ring (bicyclic) bond motifs is 5. The number of benzene rings is 2. The van der Waals surface area contributed by atoms with Gasteiger partial charge in [-0.15, -0.1) is 0 Å². The summed E-state index contributed by atoms with van der Waals surface area (Å²) in [5, 5.41) is 5.41. The van der Waals surface area contributed by atoms with Gasteiger partial charge in [0.1, 0.15) is 0 Å². The molecule has 27 heavy (non-hydrogen) atoms. The maximum atomic E-state index is 11.3. The van der Waals surface area contributed by atoms with Crippen LogP contribution >= 0.6 is 0 Å². The van der Waals surface area contributed by atoms with Crippen molar-refractivity contribution in [2.24, 2.45) is 0 Å². The number of hydrogen-bond acceptors (Lipinski definition) is 2. The first-order valence-electron chi connectivity index (χ1n) is 9.50. The van der Waals surface area contributed by atoms with Crippen LogP contribution in [0, 0.1) is 0 Å². The summed E-state index contributed by atoms with van der Waals surface area (Å²) in [5.41, 5.74) is 8.30. The zero-order valence-electron chi connectivity index (χ0n) is 15.3. The molecule has 134 valence electrons. The number of anilines is 1. The molecule has 1 aliphatic carbocycles. The summed E-state index contributed by atoms with van der Waals surface area (Å²) in [7, 11) is 0. The van der Waals surface area contributed by atoms with Gasteiger partial charge in [-0.05, 0) is 72.7 Å². The highest BCUT2D eigenvalue weighted by molar-refractivity contribution is 6.08. The van der Waals surface area contributed by atoms with Crippen molar-refractivity contribution < 1.29 is 4.79 Å². The maximum Gasteiger partial charge on any atom is 0.221 e. The number of aromatic amines is 1. The van der Waals surface area contributed by atoms with Crippen molar-refractivity contribution >= 4 is 33.4 Å². The van der Waals surface area contributed by atoms with E-state index in [1.165, 1.54) is 47.4 Å². The molecule has 4 aromatic rings. The van der Waals surface area contributed by atoms with Crippen molar-refractivity contribution in [1.29, 1.82) is 0 Å². The van der Waals surface area contributed by atoms with Gasteiger partial charge in [-0.1, -0.05) is 12.1 Å². The van der Waals surface area contributed by atoms with Crippen LogP contribution < -0.4 is 5.32 Å². The Bertz CT molecular complexity index is 1170. The minimum atomic E-state index is -0.0512. The molecule has 0 fully saturated rings. The third-order valence-electron chi connectivity index (χ3n) is 5.50. The largest absolute Gasteiger partial charge is 0.354 e. The van der Waals surface area contributed by atoms with Crippen LogP contribution in [0.5, 0.6) is 0 Å². The van der Waals surface area contributed by atoms with E-state index in [1.54, 1.807) is 0 Å². The fourth-order valence-electron chi connectivity index (χ4n) is 4.35. The predicted octanol–water partition coefficient (Wildman–Crippen LogP) is 5.22. The summed E-state index contributed by atoms with van der Waals surface area (Å²) < 4.78 is 0. The molecule has 4 nitrogen and oxygen atoms in total. The van der Waals surface area contributed by atoms with E-state index in [-0.39, 0.29) is 5.91 Å². The minimum absolute atomic E-state index is 0.0512. The van der Waals surface area contributed by atoms with Gasteiger partial charge >= 0.3 is 0 Å². The van der Waals surface area contributed by atoms with Crippen LogP contribution in [0.15, 0.2) is 48.7 Å². The number of aromatic nitrogens is 2. The summed E-state index contributed by atoms with van der Waals surface area (Å²) in [6.07, 6.45) is 6.56. The SMILES string of the molecule is CC(=O)Nc1ccc(-c2[nH]c3ccc4nccc4c3c3c2CCCC3)cc1. The predicted molar refractivity (Wildman–Crippen MR) is 110 cm³/mol. The molecule has 0 bridgehead atoms. The van der Waals surface area contributed by atoms with E-state index in [1.807, 2.05) is 18.3 Å². The lowest BCUT2D eigenvalue weighted by Crippen LogP contribution is -2.08. The van der Waals surface area contributed by atoms with Crippen LogP contribution in [0.1, 0.15) is 30.9 Å². The number of hydrogen-bond donors (Lipinski definition) is 2. The number of aryl methyl sites for hydroxylation is 1. The van der Waals surface area contributed by atoms with E-state index in [9.17, 15) is 4.79 Å². The summed E-state index contributed by atoms with van der Waals surface area (Å²) >= 11 is 0. The highest BCUT2D eigenvalue weighted by atomic mass is 16.1. The van der Waals surface area contributed by atoms with Crippen LogP contribution in [0.3, 0.4) is 0 Å². The topological polar surface area (TPSA) is 57.8 Å². The van der Waals surface area contributed by atoms with Gasteiger partial charge in [0.2, 0.25) is 5.91 Å². The van der Waals surface area contributed by atoms with E-state index in [2.05, 4.69) is 45.6 Å². The third-order valence-corrected chi connectivity index (χ3v) is 5.50. The van der Waals surface area contributed by atoms with Crippen molar-refractivity contribution in [1.82, 2.24) is 9.97 Å². The number of H-pyrrole nitrogens is 1. The van der Waals surface area contributed by atoms with Gasteiger partial charge in [0, 0.05) is 40.8 Å². The molecular weight excluding hydrogens is 334 g/mol. The second kappa shape index (κ2) is 6.23. The van der Waals surface area contributed by atoms with Crippen LogP contribution in [0.4, 0.5) is 5.69 Å². The first kappa shape index (κ1) is 16.1. The summed E-state index contributed by atoms with van der Waals surface area (Å²) in [4.78, 5) is 19.5. The number of pyridine rings is 1. The second-order valence-corrected chi connectivity index (χ2v) is 7.29. The van der Waals surface area contributed by atoms with Crippen molar-refractivity contribution in [3.05, 3.63) is 59.8 Å². The van der Waals surface area contributed by atoms with Crippen LogP contribution in [-0.4, -0.2) is 15.9 Å². The summed E-state index contributed by atoms with van der Waals surface area (Å²) in [5.74, 6) is -0.0512. The third kappa shape index (κ3) is 2.69. The average molecular weight is 355 g/mol. The van der Waals surface area contributed by atoms with E-state index < -0.39 is 0 Å². The highest BCUT2D eigenvalue weighted by Crippen LogP contribution is 2.38. The fraction of sp³-hybridized carbons (Fsp3) is 0.217. The number of carbonyl (C=O) groups excluding carboxylic acids is 1. The van der Waals surface area contributed by atoms with Gasteiger partial charge in [0.25, 0.3) is 0 Å². The molecule has 2 N–H and O–H groups in total. The minimum Gasteiger partial charge on any atom is -0.354 e. The average Bonchev–Trinajstić information content (AvgIpc) is 3.16. The van der Waals surface area contributed by atoms with Crippen molar-refractivity contribution in [3.8, 4) is 11.3 Å². The van der Waals surface area contributed by atoms with E-state index in [0.29, 0.717) is 0 Å². The van der Waals surface area contributed by atoms with Gasteiger partial charge in [0.15, 0.2) is 0 Å². The Morgan fingerprint density at radius 3 is 2.56 bits per heavy atom. The van der Waals surface area contributed by atoms with Gasteiger partial charge < -0.3 is 10.3 Å². The highest BCUT2D eigenvalue weighted by Gasteiger charge is 2.20. The summed E-state index contributed by atoms with van der Waals surface area (Å²) in [6, 6.07) is 14.5. The van der Waals surface area contributed by atoms with E-state index >= 15 is 0 Å². The molecule has 0 aliphatic heterocycles. The molecule has 2 heterocycles. The molecule has 1 aliphatic rings. The number of rotatable bonds is 2. The second-order valence-electron chi connectivity index (χ2n) is 7.29. The molecule has 1 amide bonds. The van der Waals surface area contributed by atoms with Gasteiger partial charge in [0.05, 0.1) is 5.52 Å². The fourth-order valence-corrected chi connectivity index (χ4v) is 4.35. The Morgan fingerprint density at radius 2 is 1.78 bits per heavy atom. The van der Waals surface area contributed by atoms with Crippen molar-refractivity contribution in [2.75, 3.05) is 5.32 Å². The number of nitrogens with zero attached hydrogens (tertiary/aromatic N) is 1. The first-order chi connectivity index (χ1) is 13.2. The quantitative estimate of drug-likeness (QED) is 0.518. The number of amides is 1. The maximum absolute atomic E-state index is 11.3. The molecule has 0 radical (unpaired) electrons. The molecule has 0 atom stereocenters. The Labute approximate surface area is 157 Å². The Balaban J connectivity index is 1.73. The van der Waals surface area contributed by atoms with Crippen LogP contribution in [-0.2, 0) is 17.6 Å². The molecular formula is C23H21N3O. The van der Waals surface area contributed by atoms with Crippen molar-refractivity contribution in [2.45, 2.75) is 32.6 Å². The van der Waals surface area contributed by atoms with Crippen LogP contribution in [0.2, 0.25) is 0 Å². The molecule has 2 aromatic carbocycles. The standard InChI is InChI=1S/C23H21N3O/c1-14(27)25-16-8-6-15(7-9-16)23-18-5-3-2-4-17(18)22-19-12-13-24-20(19)10-11-21(22)26-23/h6-13,26H,2-5H2,1H3,(H,25,27). The molecule has 2 aromatic heterocycles. The van der Waals surface area contributed by atoms with Gasteiger partial charge in [-0.3, -0.25) is 9.78 Å². The normalized spacial score (nSPS) is 13.7. The lowest BCUT2D eigenvalue weighted by atomic mass is 9.85. The Hall–Kier alpha value is -3.14. The zero-order valence-corrected chi connectivity index (χ0v) is 15.3.